The van der Waals surface area contributed by atoms with Gasteiger partial charge in [-0.2, -0.15) is 0 Å². The summed E-state index contributed by atoms with van der Waals surface area (Å²) in [4.78, 5) is 10.4. The highest BCUT2D eigenvalue weighted by Crippen LogP contribution is 2.37. The van der Waals surface area contributed by atoms with Crippen LogP contribution in [0.2, 0.25) is 0 Å². The Kier molecular flexibility index (Phi) is 6.82. The number of aromatic nitrogens is 4. The van der Waals surface area contributed by atoms with Gasteiger partial charge in [0.2, 0.25) is 0 Å². The molecule has 0 saturated heterocycles. The van der Waals surface area contributed by atoms with Crippen LogP contribution in [-0.2, 0) is 0 Å². The van der Waals surface area contributed by atoms with Gasteiger partial charge in [0.05, 0.1) is 33.3 Å². The third-order valence-electron chi connectivity index (χ3n) is 10.7. The molecule has 0 aliphatic carbocycles. The minimum absolute atomic E-state index is 0.715. The van der Waals surface area contributed by atoms with Crippen LogP contribution >= 0.6 is 0 Å². The van der Waals surface area contributed by atoms with Crippen molar-refractivity contribution in [1.29, 1.82) is 0 Å². The maximum atomic E-state index is 5.26. The van der Waals surface area contributed by atoms with E-state index in [1.165, 1.54) is 43.7 Å². The quantitative estimate of drug-likeness (QED) is 0.180. The monoisotopic (exact) mass is 688 g/mol. The summed E-state index contributed by atoms with van der Waals surface area (Å²) in [5, 5.41) is 5.96. The molecule has 0 amide bonds. The van der Waals surface area contributed by atoms with Crippen molar-refractivity contribution in [3.8, 4) is 45.1 Å². The number of hydrogen-bond acceptors (Lipinski definition) is 2. The summed E-state index contributed by atoms with van der Waals surface area (Å²) in [6, 6.07) is 69.0. The fourth-order valence-corrected chi connectivity index (χ4v) is 8.22. The summed E-state index contributed by atoms with van der Waals surface area (Å²) in [6.07, 6.45) is 0. The van der Waals surface area contributed by atoms with Crippen LogP contribution in [0.1, 0.15) is 0 Å². The Balaban J connectivity index is 0.973. The Labute approximate surface area is 311 Å². The minimum atomic E-state index is 0.715. The summed E-state index contributed by atoms with van der Waals surface area (Å²) in [5.41, 5.74) is 13.3. The largest absolute Gasteiger partial charge is 0.309 e. The standard InChI is InChI=1S/C50H32N4/c1-2-12-37(13-3-1)53-47-21-11-7-16-41(47)43-32-36(28-31-48(43)53)50-51-44-18-8-4-17-42(44)49(52-50)35-24-22-33(23-25-35)34-26-29-38(30-27-34)54-45-19-9-5-14-39(45)40-15-6-10-20-46(40)54/h1-32H. The van der Waals surface area contributed by atoms with Crippen LogP contribution in [0.15, 0.2) is 194 Å². The smallest absolute Gasteiger partial charge is 0.160 e. The SMILES string of the molecule is c1ccc(-n2c3ccccc3c3cc(-c4nc(-c5ccc(-c6ccc(-n7c8ccccc8c8ccccc87)cc6)cc5)c5ccccc5n4)ccc32)cc1. The van der Waals surface area contributed by atoms with E-state index in [1.54, 1.807) is 0 Å². The van der Waals surface area contributed by atoms with Gasteiger partial charge in [0.25, 0.3) is 0 Å². The number of rotatable bonds is 5. The topological polar surface area (TPSA) is 35.6 Å². The molecule has 0 aliphatic rings. The predicted molar refractivity (Wildman–Crippen MR) is 225 cm³/mol. The molecule has 3 heterocycles. The molecule has 0 fully saturated rings. The average molecular weight is 689 g/mol. The Morgan fingerprint density at radius 3 is 1.37 bits per heavy atom. The first-order valence-electron chi connectivity index (χ1n) is 18.3. The molecule has 0 saturated carbocycles. The van der Waals surface area contributed by atoms with Crippen LogP contribution < -0.4 is 0 Å². The summed E-state index contributed by atoms with van der Waals surface area (Å²) >= 11 is 0. The molecule has 0 radical (unpaired) electrons. The zero-order valence-corrected chi connectivity index (χ0v) is 29.3. The summed E-state index contributed by atoms with van der Waals surface area (Å²) < 4.78 is 4.69. The molecular weight excluding hydrogens is 657 g/mol. The van der Waals surface area contributed by atoms with Crippen LogP contribution in [0.4, 0.5) is 0 Å². The third kappa shape index (κ3) is 4.78. The van der Waals surface area contributed by atoms with Gasteiger partial charge in [-0.25, -0.2) is 9.97 Å². The highest BCUT2D eigenvalue weighted by molar-refractivity contribution is 6.11. The Hall–Kier alpha value is -7.30. The summed E-state index contributed by atoms with van der Waals surface area (Å²) in [6.45, 7) is 0. The minimum Gasteiger partial charge on any atom is -0.309 e. The lowest BCUT2D eigenvalue weighted by atomic mass is 10.0. The van der Waals surface area contributed by atoms with E-state index in [0.717, 1.165) is 50.2 Å². The number of benzene rings is 8. The first-order valence-corrected chi connectivity index (χ1v) is 18.3. The lowest BCUT2D eigenvalue weighted by Crippen LogP contribution is -1.96. The normalized spacial score (nSPS) is 11.7. The van der Waals surface area contributed by atoms with Gasteiger partial charge < -0.3 is 9.13 Å². The highest BCUT2D eigenvalue weighted by Gasteiger charge is 2.17. The van der Waals surface area contributed by atoms with E-state index in [9.17, 15) is 0 Å². The van der Waals surface area contributed by atoms with Crippen LogP contribution in [0, 0.1) is 0 Å². The zero-order chi connectivity index (χ0) is 35.6. The van der Waals surface area contributed by atoms with E-state index in [1.807, 2.05) is 6.07 Å². The Morgan fingerprint density at radius 2 is 0.741 bits per heavy atom. The van der Waals surface area contributed by atoms with Crippen LogP contribution in [-0.4, -0.2) is 19.1 Å². The van der Waals surface area contributed by atoms with Gasteiger partial charge in [-0.15, -0.1) is 0 Å². The molecule has 11 aromatic rings. The van der Waals surface area contributed by atoms with E-state index in [-0.39, 0.29) is 0 Å². The molecule has 54 heavy (non-hydrogen) atoms. The molecule has 0 aliphatic heterocycles. The van der Waals surface area contributed by atoms with Gasteiger partial charge >= 0.3 is 0 Å². The molecule has 11 rings (SSSR count). The van der Waals surface area contributed by atoms with Gasteiger partial charge in [0, 0.05) is 49.4 Å². The van der Waals surface area contributed by atoms with Crippen LogP contribution in [0.5, 0.6) is 0 Å². The highest BCUT2D eigenvalue weighted by atomic mass is 15.0. The zero-order valence-electron chi connectivity index (χ0n) is 29.3. The number of nitrogens with zero attached hydrogens (tertiary/aromatic N) is 4. The molecule has 3 aromatic heterocycles. The van der Waals surface area contributed by atoms with E-state index in [0.29, 0.717) is 5.82 Å². The average Bonchev–Trinajstić information content (AvgIpc) is 3.76. The molecule has 0 bridgehead atoms. The van der Waals surface area contributed by atoms with Gasteiger partial charge in [-0.3, -0.25) is 0 Å². The lowest BCUT2D eigenvalue weighted by molar-refractivity contribution is 1.18. The predicted octanol–water partition coefficient (Wildman–Crippen LogP) is 12.8. The first-order chi connectivity index (χ1) is 26.8. The van der Waals surface area contributed by atoms with E-state index in [4.69, 9.17) is 9.97 Å². The Morgan fingerprint density at radius 1 is 0.296 bits per heavy atom. The van der Waals surface area contributed by atoms with E-state index >= 15 is 0 Å². The van der Waals surface area contributed by atoms with E-state index < -0.39 is 0 Å². The lowest BCUT2D eigenvalue weighted by Gasteiger charge is -2.12. The van der Waals surface area contributed by atoms with Gasteiger partial charge in [-0.1, -0.05) is 127 Å². The molecule has 0 unspecified atom stereocenters. The Bertz CT molecular complexity index is 3140. The molecule has 252 valence electrons. The number of hydrogen-bond donors (Lipinski definition) is 0. The molecule has 8 aromatic carbocycles. The van der Waals surface area contributed by atoms with Crippen molar-refractivity contribution >= 4 is 54.5 Å². The van der Waals surface area contributed by atoms with Gasteiger partial charge in [-0.05, 0) is 77.9 Å². The first kappa shape index (κ1) is 30.3. The van der Waals surface area contributed by atoms with E-state index in [2.05, 4.69) is 197 Å². The fourth-order valence-electron chi connectivity index (χ4n) is 8.22. The van der Waals surface area contributed by atoms with Crippen molar-refractivity contribution in [3.05, 3.63) is 194 Å². The van der Waals surface area contributed by atoms with Gasteiger partial charge in [0.15, 0.2) is 5.82 Å². The second-order valence-corrected chi connectivity index (χ2v) is 13.8. The second-order valence-electron chi connectivity index (χ2n) is 13.8. The van der Waals surface area contributed by atoms with Crippen molar-refractivity contribution in [3.63, 3.8) is 0 Å². The van der Waals surface area contributed by atoms with Crippen molar-refractivity contribution < 1.29 is 0 Å². The third-order valence-corrected chi connectivity index (χ3v) is 10.7. The number of fused-ring (bicyclic) bond motifs is 7. The molecule has 0 spiro atoms. The maximum absolute atomic E-state index is 5.26. The molecule has 4 heteroatoms. The molecular formula is C50H32N4. The molecule has 0 N–H and O–H groups in total. The number of para-hydroxylation sites is 5. The van der Waals surface area contributed by atoms with Crippen LogP contribution in [0.3, 0.4) is 0 Å². The van der Waals surface area contributed by atoms with Crippen LogP contribution in [0.25, 0.3) is 99.7 Å². The fraction of sp³-hybridized carbons (Fsp3) is 0. The molecule has 4 nitrogen and oxygen atoms in total. The molecule has 0 atom stereocenters. The maximum Gasteiger partial charge on any atom is 0.160 e. The van der Waals surface area contributed by atoms with Crippen molar-refractivity contribution in [1.82, 2.24) is 19.1 Å². The second kappa shape index (κ2) is 12.1. The van der Waals surface area contributed by atoms with Gasteiger partial charge in [0.1, 0.15) is 0 Å². The summed E-state index contributed by atoms with van der Waals surface area (Å²) in [7, 11) is 0. The van der Waals surface area contributed by atoms with Crippen molar-refractivity contribution in [2.75, 3.05) is 0 Å². The summed E-state index contributed by atoms with van der Waals surface area (Å²) in [5.74, 6) is 0.715. The van der Waals surface area contributed by atoms with Crippen molar-refractivity contribution in [2.45, 2.75) is 0 Å². The van der Waals surface area contributed by atoms with Crippen molar-refractivity contribution in [2.24, 2.45) is 0 Å².